The summed E-state index contributed by atoms with van der Waals surface area (Å²) in [4.78, 5) is 0. The van der Waals surface area contributed by atoms with E-state index in [4.69, 9.17) is 4.42 Å². The maximum absolute atomic E-state index is 5.63. The zero-order valence-electron chi connectivity index (χ0n) is 8.52. The molecule has 1 aromatic rings. The van der Waals surface area contributed by atoms with Gasteiger partial charge in [-0.25, -0.2) is 4.42 Å². The smallest absolute Gasteiger partial charge is 0.218 e. The van der Waals surface area contributed by atoms with Gasteiger partial charge in [-0.2, -0.15) is 0 Å². The first-order valence-corrected chi connectivity index (χ1v) is 5.19. The standard InChI is InChI=1S/C12H17O/c1-9-8-11-6-4-3-5-7-12(11)10(2)13-9/h8H,3-7H2,1-2H3/q+1. The molecule has 0 spiro atoms. The van der Waals surface area contributed by atoms with Gasteiger partial charge in [-0.3, -0.25) is 0 Å². The summed E-state index contributed by atoms with van der Waals surface area (Å²) < 4.78 is 5.63. The van der Waals surface area contributed by atoms with Crippen molar-refractivity contribution in [2.24, 2.45) is 0 Å². The van der Waals surface area contributed by atoms with Crippen molar-refractivity contribution in [3.05, 3.63) is 28.7 Å². The fourth-order valence-electron chi connectivity index (χ4n) is 2.24. The summed E-state index contributed by atoms with van der Waals surface area (Å²) in [5, 5.41) is 0. The Bertz CT molecular complexity index is 315. The van der Waals surface area contributed by atoms with Gasteiger partial charge >= 0.3 is 11.5 Å². The number of aryl methyl sites for hydroxylation is 3. The predicted octanol–water partition coefficient (Wildman–Crippen LogP) is 3.45. The summed E-state index contributed by atoms with van der Waals surface area (Å²) >= 11 is 0. The van der Waals surface area contributed by atoms with E-state index < -0.39 is 0 Å². The number of fused-ring (bicyclic) bond motifs is 1. The second-order valence-electron chi connectivity index (χ2n) is 3.98. The Labute approximate surface area is 79.8 Å². The first kappa shape index (κ1) is 8.74. The van der Waals surface area contributed by atoms with Gasteiger partial charge in [0.25, 0.3) is 0 Å². The highest BCUT2D eigenvalue weighted by atomic mass is 16.3. The van der Waals surface area contributed by atoms with E-state index >= 15 is 0 Å². The SMILES string of the molecule is Cc1cc2c(c(C)[o+]1)CCCCC2. The van der Waals surface area contributed by atoms with Gasteiger partial charge < -0.3 is 0 Å². The van der Waals surface area contributed by atoms with E-state index in [9.17, 15) is 0 Å². The van der Waals surface area contributed by atoms with Gasteiger partial charge in [0, 0.05) is 6.07 Å². The maximum atomic E-state index is 5.63. The summed E-state index contributed by atoms with van der Waals surface area (Å²) in [6, 6.07) is 2.22. The van der Waals surface area contributed by atoms with Crippen molar-refractivity contribution in [3.63, 3.8) is 0 Å². The molecule has 0 saturated heterocycles. The quantitative estimate of drug-likeness (QED) is 0.436. The van der Waals surface area contributed by atoms with Crippen LogP contribution in [0.3, 0.4) is 0 Å². The van der Waals surface area contributed by atoms with Gasteiger partial charge in [0.2, 0.25) is 0 Å². The molecule has 2 rings (SSSR count). The molecule has 0 unspecified atom stereocenters. The molecule has 0 bridgehead atoms. The van der Waals surface area contributed by atoms with Crippen LogP contribution >= 0.6 is 0 Å². The second kappa shape index (κ2) is 3.49. The van der Waals surface area contributed by atoms with Crippen molar-refractivity contribution in [3.8, 4) is 0 Å². The van der Waals surface area contributed by atoms with Crippen LogP contribution < -0.4 is 0 Å². The summed E-state index contributed by atoms with van der Waals surface area (Å²) in [5.41, 5.74) is 3.00. The monoisotopic (exact) mass is 177 g/mol. The van der Waals surface area contributed by atoms with Gasteiger partial charge in [-0.1, -0.05) is 6.42 Å². The lowest BCUT2D eigenvalue weighted by Gasteiger charge is -2.00. The Morgan fingerprint density at radius 3 is 2.69 bits per heavy atom. The second-order valence-corrected chi connectivity index (χ2v) is 3.98. The van der Waals surface area contributed by atoms with Gasteiger partial charge in [0.05, 0.1) is 19.4 Å². The topological polar surface area (TPSA) is 11.3 Å². The van der Waals surface area contributed by atoms with E-state index in [1.165, 1.54) is 43.2 Å². The van der Waals surface area contributed by atoms with Crippen molar-refractivity contribution in [2.45, 2.75) is 46.0 Å². The third-order valence-electron chi connectivity index (χ3n) is 2.88. The van der Waals surface area contributed by atoms with Crippen LogP contribution in [0.4, 0.5) is 0 Å². The van der Waals surface area contributed by atoms with Crippen molar-refractivity contribution in [1.82, 2.24) is 0 Å². The molecule has 1 heteroatoms. The molecule has 0 saturated carbocycles. The lowest BCUT2D eigenvalue weighted by Crippen LogP contribution is -1.95. The molecule has 0 amide bonds. The maximum Gasteiger partial charge on any atom is 0.329 e. The van der Waals surface area contributed by atoms with E-state index in [2.05, 4.69) is 13.0 Å². The first-order chi connectivity index (χ1) is 6.27. The highest BCUT2D eigenvalue weighted by molar-refractivity contribution is 5.30. The molecule has 1 aromatic heterocycles. The normalized spacial score (nSPS) is 16.5. The molecule has 1 heterocycles. The van der Waals surface area contributed by atoms with Gasteiger partial charge in [0.15, 0.2) is 0 Å². The predicted molar refractivity (Wildman–Crippen MR) is 53.8 cm³/mol. The third-order valence-corrected chi connectivity index (χ3v) is 2.88. The number of hydrogen-bond acceptors (Lipinski definition) is 0. The molecule has 0 atom stereocenters. The van der Waals surface area contributed by atoms with Crippen molar-refractivity contribution < 1.29 is 4.42 Å². The average Bonchev–Trinajstić information content (AvgIpc) is 2.28. The lowest BCUT2D eigenvalue weighted by atomic mass is 10.0. The molecule has 13 heavy (non-hydrogen) atoms. The van der Waals surface area contributed by atoms with Crippen LogP contribution in [0.5, 0.6) is 0 Å². The van der Waals surface area contributed by atoms with Crippen LogP contribution in [0.25, 0.3) is 0 Å². The summed E-state index contributed by atoms with van der Waals surface area (Å²) in [6.45, 7) is 4.13. The van der Waals surface area contributed by atoms with Crippen molar-refractivity contribution in [1.29, 1.82) is 0 Å². The zero-order valence-corrected chi connectivity index (χ0v) is 8.52. The van der Waals surface area contributed by atoms with E-state index in [0.717, 1.165) is 11.5 Å². The Balaban J connectivity index is 2.47. The molecule has 0 fully saturated rings. The van der Waals surface area contributed by atoms with E-state index in [0.29, 0.717) is 0 Å². The summed E-state index contributed by atoms with van der Waals surface area (Å²) in [6.07, 6.45) is 6.49. The molecule has 0 N–H and O–H groups in total. The van der Waals surface area contributed by atoms with Crippen molar-refractivity contribution in [2.75, 3.05) is 0 Å². The molecule has 1 aliphatic carbocycles. The minimum Gasteiger partial charge on any atom is -0.218 e. The van der Waals surface area contributed by atoms with E-state index in [1.54, 1.807) is 0 Å². The largest absolute Gasteiger partial charge is 0.329 e. The highest BCUT2D eigenvalue weighted by Gasteiger charge is 2.19. The fourth-order valence-corrected chi connectivity index (χ4v) is 2.24. The van der Waals surface area contributed by atoms with Gasteiger partial charge in [-0.15, -0.1) is 0 Å². The van der Waals surface area contributed by atoms with Crippen LogP contribution in [-0.4, -0.2) is 0 Å². The molecule has 0 radical (unpaired) electrons. The Kier molecular flexibility index (Phi) is 2.34. The van der Waals surface area contributed by atoms with Crippen LogP contribution in [0, 0.1) is 13.8 Å². The zero-order chi connectivity index (χ0) is 9.26. The van der Waals surface area contributed by atoms with Crippen LogP contribution in [0.15, 0.2) is 10.5 Å². The average molecular weight is 177 g/mol. The molecule has 70 valence electrons. The molecular weight excluding hydrogens is 160 g/mol. The molecular formula is C12H17O+. The van der Waals surface area contributed by atoms with E-state index in [-0.39, 0.29) is 0 Å². The van der Waals surface area contributed by atoms with Crippen LogP contribution in [-0.2, 0) is 12.8 Å². The number of rotatable bonds is 0. The number of hydrogen-bond donors (Lipinski definition) is 0. The fraction of sp³-hybridized carbons (Fsp3) is 0.583. The first-order valence-electron chi connectivity index (χ1n) is 5.19. The molecule has 0 aromatic carbocycles. The Morgan fingerprint density at radius 2 is 1.85 bits per heavy atom. The van der Waals surface area contributed by atoms with Gasteiger partial charge in [-0.05, 0) is 31.2 Å². The highest BCUT2D eigenvalue weighted by Crippen LogP contribution is 2.24. The van der Waals surface area contributed by atoms with Crippen LogP contribution in [0.1, 0.15) is 41.9 Å². The minimum atomic E-state index is 1.05. The third kappa shape index (κ3) is 1.74. The van der Waals surface area contributed by atoms with Crippen molar-refractivity contribution >= 4 is 0 Å². The van der Waals surface area contributed by atoms with Crippen LogP contribution in [0.2, 0.25) is 0 Å². The molecule has 1 nitrogen and oxygen atoms in total. The minimum absolute atomic E-state index is 1.05. The Hall–Kier alpha value is -0.850. The summed E-state index contributed by atoms with van der Waals surface area (Å²) in [5.74, 6) is 2.19. The molecule has 0 aliphatic heterocycles. The lowest BCUT2D eigenvalue weighted by molar-refractivity contribution is 0.476. The summed E-state index contributed by atoms with van der Waals surface area (Å²) in [7, 11) is 0. The Morgan fingerprint density at radius 1 is 1.08 bits per heavy atom. The van der Waals surface area contributed by atoms with Gasteiger partial charge in [0.1, 0.15) is 0 Å². The van der Waals surface area contributed by atoms with E-state index in [1.807, 2.05) is 6.92 Å². The molecule has 1 aliphatic rings.